The molecule has 0 fully saturated rings. The molecule has 0 bridgehead atoms. The van der Waals surface area contributed by atoms with E-state index < -0.39 is 0 Å². The summed E-state index contributed by atoms with van der Waals surface area (Å²) in [6.45, 7) is 26.9. The molecule has 1 aliphatic heterocycles. The van der Waals surface area contributed by atoms with E-state index in [4.69, 9.17) is 0 Å². The molecular formula is C36H59N5O. The van der Waals surface area contributed by atoms with Gasteiger partial charge in [-0.25, -0.2) is 0 Å². The van der Waals surface area contributed by atoms with E-state index in [0.29, 0.717) is 6.04 Å². The van der Waals surface area contributed by atoms with Crippen LogP contribution < -0.4 is 0 Å². The van der Waals surface area contributed by atoms with Crippen molar-refractivity contribution in [1.82, 2.24) is 9.80 Å². The maximum absolute atomic E-state index is 9.67. The van der Waals surface area contributed by atoms with Crippen molar-refractivity contribution in [2.45, 2.75) is 72.9 Å². The van der Waals surface area contributed by atoms with Gasteiger partial charge in [-0.2, -0.15) is 0 Å². The number of aliphatic hydroxyl groups is 1. The monoisotopic (exact) mass is 577 g/mol. The second-order valence-electron chi connectivity index (χ2n) is 9.49. The van der Waals surface area contributed by atoms with E-state index >= 15 is 0 Å². The summed E-state index contributed by atoms with van der Waals surface area (Å²) in [7, 11) is 3.90. The highest BCUT2D eigenvalue weighted by molar-refractivity contribution is 6.01. The van der Waals surface area contributed by atoms with Gasteiger partial charge in [0.25, 0.3) is 0 Å². The molecule has 0 spiro atoms. The van der Waals surface area contributed by atoms with Crippen LogP contribution in [0.1, 0.15) is 60.8 Å². The Morgan fingerprint density at radius 1 is 1.14 bits per heavy atom. The number of aliphatic hydroxyl groups excluding tert-OH is 1. The van der Waals surface area contributed by atoms with Crippen LogP contribution in [0.4, 0.5) is 0 Å². The van der Waals surface area contributed by atoms with E-state index in [9.17, 15) is 5.11 Å². The third kappa shape index (κ3) is 17.5. The first-order valence-corrected chi connectivity index (χ1v) is 15.1. The van der Waals surface area contributed by atoms with E-state index in [1.807, 2.05) is 63.4 Å². The number of hydrogen-bond acceptors (Lipinski definition) is 6. The van der Waals surface area contributed by atoms with Crippen LogP contribution in [0.3, 0.4) is 0 Å². The van der Waals surface area contributed by atoms with Gasteiger partial charge in [0.05, 0.1) is 24.6 Å². The van der Waals surface area contributed by atoms with Crippen LogP contribution in [0.5, 0.6) is 0 Å². The summed E-state index contributed by atoms with van der Waals surface area (Å²) in [6.07, 6.45) is 25.5. The lowest BCUT2D eigenvalue weighted by molar-refractivity contribution is 0.204. The lowest BCUT2D eigenvalue weighted by Crippen LogP contribution is -2.46. The third-order valence-corrected chi connectivity index (χ3v) is 6.65. The smallest absolute Gasteiger partial charge is 0.0800 e. The number of allylic oxidation sites excluding steroid dienone is 8. The first-order valence-electron chi connectivity index (χ1n) is 15.1. The summed E-state index contributed by atoms with van der Waals surface area (Å²) in [5.74, 6) is 0. The Hall–Kier alpha value is -3.35. The molecule has 0 aromatic rings. The summed E-state index contributed by atoms with van der Waals surface area (Å²) in [5, 5.41) is 9.67. The fourth-order valence-electron chi connectivity index (χ4n) is 4.16. The summed E-state index contributed by atoms with van der Waals surface area (Å²) < 4.78 is 0. The van der Waals surface area contributed by atoms with Gasteiger partial charge in [0, 0.05) is 38.6 Å². The maximum Gasteiger partial charge on any atom is 0.0800 e. The molecule has 0 aromatic carbocycles. The van der Waals surface area contributed by atoms with Gasteiger partial charge >= 0.3 is 0 Å². The highest BCUT2D eigenvalue weighted by Crippen LogP contribution is 2.16. The molecule has 1 rings (SSSR count). The molecule has 2 unspecified atom stereocenters. The quantitative estimate of drug-likeness (QED) is 0.114. The topological polar surface area (TPSA) is 63.8 Å². The van der Waals surface area contributed by atoms with Gasteiger partial charge < -0.3 is 5.11 Å². The zero-order valence-electron chi connectivity index (χ0n) is 27.8. The molecule has 42 heavy (non-hydrogen) atoms. The van der Waals surface area contributed by atoms with Crippen molar-refractivity contribution in [3.8, 4) is 0 Å². The Morgan fingerprint density at radius 3 is 2.40 bits per heavy atom. The minimum absolute atomic E-state index is 0.0630. The molecule has 0 radical (unpaired) electrons. The SMILES string of the molecule is C=C/C1=C(\CC)CN=C/C=C\C1.C=C/C=C\C(=NC)C(/C(C)=C\O)N(CCC)CCN(C)C(C)/C=C\C=C/N=C.CC. The normalized spacial score (nSPS) is 18.2. The average molecular weight is 578 g/mol. The molecule has 0 aromatic heterocycles. The van der Waals surface area contributed by atoms with Crippen molar-refractivity contribution >= 4 is 18.6 Å². The first kappa shape index (κ1) is 40.8. The lowest BCUT2D eigenvalue weighted by atomic mass is 10.0. The van der Waals surface area contributed by atoms with Gasteiger partial charge in [-0.1, -0.05) is 77.3 Å². The van der Waals surface area contributed by atoms with Gasteiger partial charge in [0.1, 0.15) is 0 Å². The number of aliphatic imine (C=N–C) groups is 3. The van der Waals surface area contributed by atoms with Crippen molar-refractivity contribution in [3.63, 3.8) is 0 Å². The highest BCUT2D eigenvalue weighted by Gasteiger charge is 2.24. The zero-order chi connectivity index (χ0) is 32.2. The Labute approximate surface area is 258 Å². The van der Waals surface area contributed by atoms with Crippen molar-refractivity contribution in [1.29, 1.82) is 0 Å². The summed E-state index contributed by atoms with van der Waals surface area (Å²) in [5.41, 5.74) is 4.53. The third-order valence-electron chi connectivity index (χ3n) is 6.65. The van der Waals surface area contributed by atoms with E-state index in [0.717, 1.165) is 56.7 Å². The molecule has 0 saturated heterocycles. The molecule has 6 heteroatoms. The van der Waals surface area contributed by atoms with Gasteiger partial charge in [-0.3, -0.25) is 24.8 Å². The fraction of sp³-hybridized carbons (Fsp3) is 0.472. The summed E-state index contributed by atoms with van der Waals surface area (Å²) >= 11 is 0. The van der Waals surface area contributed by atoms with Crippen LogP contribution >= 0.6 is 0 Å². The van der Waals surface area contributed by atoms with Gasteiger partial charge in [-0.05, 0) is 88.4 Å². The van der Waals surface area contributed by atoms with Crippen molar-refractivity contribution in [2.75, 3.05) is 40.3 Å². The second-order valence-corrected chi connectivity index (χ2v) is 9.49. The summed E-state index contributed by atoms with van der Waals surface area (Å²) in [6, 6.07) is 0.234. The molecule has 0 amide bonds. The molecule has 234 valence electrons. The number of hydrogen-bond donors (Lipinski definition) is 1. The van der Waals surface area contributed by atoms with Crippen molar-refractivity contribution < 1.29 is 5.11 Å². The van der Waals surface area contributed by atoms with E-state index in [1.165, 1.54) is 17.4 Å². The van der Waals surface area contributed by atoms with Crippen LogP contribution in [-0.4, -0.2) is 85.9 Å². The minimum atomic E-state index is -0.0630. The largest absolute Gasteiger partial charge is 0.516 e. The molecular weight excluding hydrogens is 518 g/mol. The predicted molar refractivity (Wildman–Crippen MR) is 191 cm³/mol. The first-order chi connectivity index (χ1) is 20.3. The van der Waals surface area contributed by atoms with Crippen LogP contribution in [0.2, 0.25) is 0 Å². The van der Waals surface area contributed by atoms with Gasteiger partial charge in [0.15, 0.2) is 0 Å². The van der Waals surface area contributed by atoms with E-state index in [-0.39, 0.29) is 6.04 Å². The number of likely N-dealkylation sites (N-methyl/N-ethyl adjacent to an activating group) is 1. The summed E-state index contributed by atoms with van der Waals surface area (Å²) in [4.78, 5) is 17.1. The molecule has 0 aliphatic carbocycles. The van der Waals surface area contributed by atoms with Crippen LogP contribution in [-0.2, 0) is 0 Å². The Balaban J connectivity index is 0. The van der Waals surface area contributed by atoms with Crippen LogP contribution in [0.25, 0.3) is 0 Å². The molecule has 1 aliphatic rings. The van der Waals surface area contributed by atoms with Gasteiger partial charge in [-0.15, -0.1) is 0 Å². The van der Waals surface area contributed by atoms with Crippen molar-refractivity contribution in [3.05, 3.63) is 97.0 Å². The molecule has 0 saturated carbocycles. The standard InChI is InChI=1S/C23H38N4O.C11H15N.C2H6/c1-8-10-14-22(25-6)23(20(3)19-28)27(16-9-2)18-17-26(7)21(4)13-11-12-15-24-5;1-3-10-7-5-6-8-12-9-11(10)4-2;1-2/h8,10-15,19,21,23,28H,1,5,9,16-18H2,2-4,6-7H3;3,5-6,8H,1,4,7,9H2,2H3;1-2H3/b13-11-,14-10-,15-12-,20-19-,25-22?;6-5-,11-10-,12-8?;. The van der Waals surface area contributed by atoms with Gasteiger partial charge in [0.2, 0.25) is 0 Å². The minimum Gasteiger partial charge on any atom is -0.516 e. The van der Waals surface area contributed by atoms with Crippen LogP contribution in [0.15, 0.2) is 112 Å². The zero-order valence-corrected chi connectivity index (χ0v) is 27.8. The average Bonchev–Trinajstić information content (AvgIpc) is 3.00. The van der Waals surface area contributed by atoms with E-state index in [2.05, 4.69) is 84.6 Å². The Morgan fingerprint density at radius 2 is 1.86 bits per heavy atom. The second kappa shape index (κ2) is 27.8. The molecule has 2 atom stereocenters. The number of nitrogens with zero attached hydrogens (tertiary/aromatic N) is 5. The Kier molecular flexibility index (Phi) is 27.0. The fourth-order valence-corrected chi connectivity index (χ4v) is 4.16. The van der Waals surface area contributed by atoms with Crippen molar-refractivity contribution in [2.24, 2.45) is 15.0 Å². The van der Waals surface area contributed by atoms with Crippen LogP contribution in [0, 0.1) is 0 Å². The number of rotatable bonds is 16. The molecule has 1 heterocycles. The molecule has 6 nitrogen and oxygen atoms in total. The molecule has 1 N–H and O–H groups in total. The highest BCUT2D eigenvalue weighted by atomic mass is 16.2. The maximum atomic E-state index is 9.67. The van der Waals surface area contributed by atoms with E-state index in [1.54, 1.807) is 19.3 Å². The Bertz CT molecular complexity index is 994. The predicted octanol–water partition coefficient (Wildman–Crippen LogP) is 8.37. The lowest BCUT2D eigenvalue weighted by Gasteiger charge is -2.34.